The molecule has 29 heavy (non-hydrogen) atoms. The Morgan fingerprint density at radius 2 is 1.86 bits per heavy atom. The molecular formula is C22H37N3O3S. The first-order valence-corrected chi connectivity index (χ1v) is 12.7. The molecule has 1 fully saturated rings. The van der Waals surface area contributed by atoms with Gasteiger partial charge in [-0.15, -0.1) is 0 Å². The van der Waals surface area contributed by atoms with Gasteiger partial charge in [-0.2, -0.15) is 0 Å². The summed E-state index contributed by atoms with van der Waals surface area (Å²) in [5.74, 6) is 1.81. The van der Waals surface area contributed by atoms with Gasteiger partial charge in [-0.25, -0.2) is 8.42 Å². The van der Waals surface area contributed by atoms with Gasteiger partial charge in [0.05, 0.1) is 19.4 Å². The van der Waals surface area contributed by atoms with Crippen molar-refractivity contribution in [3.8, 4) is 5.75 Å². The maximum atomic E-state index is 11.4. The Labute approximate surface area is 176 Å². The molecule has 0 spiro atoms. The van der Waals surface area contributed by atoms with Crippen LogP contribution in [0.4, 0.5) is 0 Å². The molecule has 1 aromatic carbocycles. The van der Waals surface area contributed by atoms with Crippen molar-refractivity contribution in [3.63, 3.8) is 0 Å². The molecule has 1 unspecified atom stereocenters. The Kier molecular flexibility index (Phi) is 8.80. The van der Waals surface area contributed by atoms with Crippen LogP contribution in [0.15, 0.2) is 29.3 Å². The van der Waals surface area contributed by atoms with Gasteiger partial charge in [0.1, 0.15) is 15.6 Å². The number of hydrogen-bond acceptors (Lipinski definition) is 4. The van der Waals surface area contributed by atoms with Crippen molar-refractivity contribution in [1.29, 1.82) is 0 Å². The average Bonchev–Trinajstić information content (AvgIpc) is 2.71. The van der Waals surface area contributed by atoms with E-state index in [-0.39, 0.29) is 17.2 Å². The van der Waals surface area contributed by atoms with Crippen LogP contribution in [0.25, 0.3) is 0 Å². The number of aliphatic imine (C=N–C) groups is 1. The lowest BCUT2D eigenvalue weighted by atomic mass is 9.69. The molecule has 0 aliphatic heterocycles. The summed E-state index contributed by atoms with van der Waals surface area (Å²) < 4.78 is 28.2. The van der Waals surface area contributed by atoms with E-state index < -0.39 is 9.84 Å². The molecule has 1 aromatic rings. The minimum Gasteiger partial charge on any atom is -0.497 e. The molecule has 2 N–H and O–H groups in total. The first-order valence-electron chi connectivity index (χ1n) is 10.6. The number of methoxy groups -OCH3 is 1. The SMILES string of the molecule is CCNC(=NCC1(c2ccc(OC)cc2)CCCCC1)NC(C)CCS(C)(=O)=O. The highest BCUT2D eigenvalue weighted by atomic mass is 32.2. The molecule has 1 aliphatic rings. The third kappa shape index (κ3) is 7.53. The number of nitrogens with zero attached hydrogens (tertiary/aromatic N) is 1. The summed E-state index contributed by atoms with van der Waals surface area (Å²) in [6.45, 7) is 5.52. The maximum absolute atomic E-state index is 11.4. The number of rotatable bonds is 9. The van der Waals surface area contributed by atoms with Gasteiger partial charge in [0, 0.05) is 24.3 Å². The van der Waals surface area contributed by atoms with E-state index >= 15 is 0 Å². The third-order valence-corrected chi connectivity index (χ3v) is 6.68. The number of sulfone groups is 1. The van der Waals surface area contributed by atoms with Crippen LogP contribution in [-0.2, 0) is 15.3 Å². The van der Waals surface area contributed by atoms with Crippen molar-refractivity contribution in [2.24, 2.45) is 4.99 Å². The molecule has 1 atom stereocenters. The van der Waals surface area contributed by atoms with Gasteiger partial charge in [-0.05, 0) is 50.8 Å². The Hall–Kier alpha value is -1.76. The average molecular weight is 424 g/mol. The number of nitrogens with one attached hydrogen (secondary N) is 2. The normalized spacial score (nSPS) is 18.1. The predicted octanol–water partition coefficient (Wildman–Crippen LogP) is 3.28. The molecule has 1 saturated carbocycles. The highest BCUT2D eigenvalue weighted by Gasteiger charge is 2.34. The van der Waals surface area contributed by atoms with Crippen molar-refractivity contribution in [2.45, 2.75) is 63.8 Å². The van der Waals surface area contributed by atoms with E-state index in [1.54, 1.807) is 7.11 Å². The van der Waals surface area contributed by atoms with Crippen LogP contribution in [-0.4, -0.2) is 52.6 Å². The van der Waals surface area contributed by atoms with Crippen molar-refractivity contribution in [3.05, 3.63) is 29.8 Å². The van der Waals surface area contributed by atoms with E-state index in [0.29, 0.717) is 13.0 Å². The van der Waals surface area contributed by atoms with E-state index in [2.05, 4.69) is 22.8 Å². The van der Waals surface area contributed by atoms with Crippen LogP contribution in [0, 0.1) is 0 Å². The summed E-state index contributed by atoms with van der Waals surface area (Å²) in [4.78, 5) is 4.93. The molecule has 2 rings (SSSR count). The lowest BCUT2D eigenvalue weighted by Crippen LogP contribution is -2.44. The topological polar surface area (TPSA) is 79.8 Å². The molecule has 0 amide bonds. The van der Waals surface area contributed by atoms with Crippen molar-refractivity contribution in [2.75, 3.05) is 32.2 Å². The quantitative estimate of drug-likeness (QED) is 0.471. The second-order valence-corrected chi connectivity index (χ2v) is 10.5. The molecule has 0 radical (unpaired) electrons. The first-order chi connectivity index (χ1) is 13.8. The van der Waals surface area contributed by atoms with Gasteiger partial charge >= 0.3 is 0 Å². The predicted molar refractivity (Wildman–Crippen MR) is 121 cm³/mol. The summed E-state index contributed by atoms with van der Waals surface area (Å²) in [6.07, 6.45) is 7.82. The molecule has 0 bridgehead atoms. The monoisotopic (exact) mass is 423 g/mol. The smallest absolute Gasteiger partial charge is 0.191 e. The molecule has 0 aromatic heterocycles. The zero-order valence-electron chi connectivity index (χ0n) is 18.3. The summed E-state index contributed by atoms with van der Waals surface area (Å²) in [5.41, 5.74) is 1.37. The van der Waals surface area contributed by atoms with Crippen LogP contribution in [0.5, 0.6) is 5.75 Å². The standard InChI is InChI=1S/C22H37N3O3S/c1-5-23-21(25-18(2)13-16-29(4,26)27)24-17-22(14-7-6-8-15-22)19-9-11-20(28-3)12-10-19/h9-12,18H,5-8,13-17H2,1-4H3,(H2,23,24,25). The van der Waals surface area contributed by atoms with E-state index in [1.165, 1.54) is 31.1 Å². The molecule has 0 heterocycles. The lowest BCUT2D eigenvalue weighted by molar-refractivity contribution is 0.300. The maximum Gasteiger partial charge on any atom is 0.191 e. The summed E-state index contributed by atoms with van der Waals surface area (Å²) >= 11 is 0. The van der Waals surface area contributed by atoms with Crippen LogP contribution >= 0.6 is 0 Å². The largest absolute Gasteiger partial charge is 0.497 e. The molecule has 164 valence electrons. The van der Waals surface area contributed by atoms with E-state index in [4.69, 9.17) is 9.73 Å². The zero-order chi connectivity index (χ0) is 21.3. The Balaban J connectivity index is 2.14. The van der Waals surface area contributed by atoms with Gasteiger partial charge in [0.25, 0.3) is 0 Å². The highest BCUT2D eigenvalue weighted by Crippen LogP contribution is 2.40. The van der Waals surface area contributed by atoms with Gasteiger partial charge in [0.15, 0.2) is 5.96 Å². The number of ether oxygens (including phenoxy) is 1. The Bertz CT molecular complexity index is 754. The van der Waals surface area contributed by atoms with Crippen molar-refractivity contribution >= 4 is 15.8 Å². The first kappa shape index (κ1) is 23.5. The summed E-state index contributed by atoms with van der Waals surface area (Å²) in [6, 6.07) is 8.45. The van der Waals surface area contributed by atoms with E-state index in [0.717, 1.165) is 31.1 Å². The fraction of sp³-hybridized carbons (Fsp3) is 0.682. The van der Waals surface area contributed by atoms with Crippen LogP contribution in [0.1, 0.15) is 57.9 Å². The highest BCUT2D eigenvalue weighted by molar-refractivity contribution is 7.90. The molecular weight excluding hydrogens is 386 g/mol. The molecule has 1 aliphatic carbocycles. The van der Waals surface area contributed by atoms with E-state index in [1.807, 2.05) is 26.0 Å². The third-order valence-electron chi connectivity index (χ3n) is 5.70. The summed E-state index contributed by atoms with van der Waals surface area (Å²) in [7, 11) is -1.27. The molecule has 6 nitrogen and oxygen atoms in total. The molecule has 7 heteroatoms. The van der Waals surface area contributed by atoms with E-state index in [9.17, 15) is 8.42 Å². The molecule has 0 saturated heterocycles. The van der Waals surface area contributed by atoms with Crippen molar-refractivity contribution < 1.29 is 13.2 Å². The Morgan fingerprint density at radius 3 is 2.41 bits per heavy atom. The minimum absolute atomic E-state index is 0.0332. The fourth-order valence-corrected chi connectivity index (χ4v) is 4.74. The van der Waals surface area contributed by atoms with Gasteiger partial charge in [0.2, 0.25) is 0 Å². The van der Waals surface area contributed by atoms with Crippen LogP contribution in [0.3, 0.4) is 0 Å². The number of benzene rings is 1. The van der Waals surface area contributed by atoms with Gasteiger partial charge in [-0.3, -0.25) is 4.99 Å². The zero-order valence-corrected chi connectivity index (χ0v) is 19.1. The second kappa shape index (κ2) is 10.9. The number of guanidine groups is 1. The van der Waals surface area contributed by atoms with Gasteiger partial charge in [-0.1, -0.05) is 31.4 Å². The fourth-order valence-electron chi connectivity index (χ4n) is 3.96. The lowest BCUT2D eigenvalue weighted by Gasteiger charge is -2.37. The number of hydrogen-bond donors (Lipinski definition) is 2. The Morgan fingerprint density at radius 1 is 1.21 bits per heavy atom. The van der Waals surface area contributed by atoms with Crippen molar-refractivity contribution in [1.82, 2.24) is 10.6 Å². The van der Waals surface area contributed by atoms with Crippen LogP contribution < -0.4 is 15.4 Å². The van der Waals surface area contributed by atoms with Gasteiger partial charge < -0.3 is 15.4 Å². The van der Waals surface area contributed by atoms with Crippen LogP contribution in [0.2, 0.25) is 0 Å². The summed E-state index contributed by atoms with van der Waals surface area (Å²) in [5, 5.41) is 6.68. The minimum atomic E-state index is -2.96. The second-order valence-electron chi connectivity index (χ2n) is 8.23.